The average molecular weight is 384 g/mol. The van der Waals surface area contributed by atoms with E-state index < -0.39 is 0 Å². The molecule has 1 N–H and O–H groups in total. The van der Waals surface area contributed by atoms with Gasteiger partial charge in [-0.1, -0.05) is 76.8 Å². The minimum atomic E-state index is 0.0979. The second-order valence-corrected chi connectivity index (χ2v) is 12.5. The molecule has 1 aromatic rings. The van der Waals surface area contributed by atoms with Crippen molar-refractivity contribution in [2.75, 3.05) is 6.54 Å². The molecule has 6 atom stereocenters. The Kier molecular flexibility index (Phi) is 5.89. The third kappa shape index (κ3) is 3.64. The molecule has 1 nitrogen and oxygen atoms in total. The number of hydrogen-bond acceptors (Lipinski definition) is 1. The van der Waals surface area contributed by atoms with Gasteiger partial charge in [-0.05, 0) is 73.8 Å². The lowest BCUT2D eigenvalue weighted by atomic mass is 9.73. The van der Waals surface area contributed by atoms with Gasteiger partial charge in [-0.2, -0.15) is 0 Å². The first-order chi connectivity index (χ1) is 13.4. The highest BCUT2D eigenvalue weighted by Gasteiger charge is 2.55. The Morgan fingerprint density at radius 3 is 2.15 bits per heavy atom. The van der Waals surface area contributed by atoms with Crippen LogP contribution in [-0.2, 0) is 0 Å². The number of hydrogen-bond donors (Lipinski definition) is 1. The summed E-state index contributed by atoms with van der Waals surface area (Å²) in [6, 6.07) is 12.7. The third-order valence-electron chi connectivity index (χ3n) is 8.28. The average Bonchev–Trinajstić information content (AvgIpc) is 3.11. The maximum Gasteiger partial charge on any atom is 0.0138 e. The summed E-state index contributed by atoms with van der Waals surface area (Å²) >= 11 is 0. The van der Waals surface area contributed by atoms with E-state index in [0.717, 1.165) is 34.9 Å². The van der Waals surface area contributed by atoms with Crippen LogP contribution in [0.5, 0.6) is 0 Å². The minimum Gasteiger partial charge on any atom is -0.313 e. The Labute approximate surface area is 167 Å². The lowest BCUT2D eigenvalue weighted by Gasteiger charge is -2.42. The molecular weight excluding hydrogens is 345 g/mol. The first-order valence-electron chi connectivity index (χ1n) is 12.0. The Morgan fingerprint density at radius 1 is 0.704 bits per heavy atom. The predicted octanol–water partition coefficient (Wildman–Crippen LogP) is 6.87. The monoisotopic (exact) mass is 383 g/mol. The summed E-state index contributed by atoms with van der Waals surface area (Å²) in [6.45, 7) is 1.28. The van der Waals surface area contributed by atoms with Gasteiger partial charge in [0.25, 0.3) is 0 Å². The number of piperidine rings is 1. The minimum absolute atomic E-state index is 0.0979. The number of rotatable bonds is 3. The Bertz CT molecular complexity index is 590. The molecule has 6 unspecified atom stereocenters. The molecule has 0 amide bonds. The van der Waals surface area contributed by atoms with Gasteiger partial charge in [0.2, 0.25) is 0 Å². The number of nitrogens with one attached hydrogen (secondary N) is 1. The molecule has 2 heterocycles. The normalized spacial score (nSPS) is 40.6. The second kappa shape index (κ2) is 8.54. The lowest BCUT2D eigenvalue weighted by Crippen LogP contribution is -2.45. The Hall–Kier alpha value is -0.390. The van der Waals surface area contributed by atoms with E-state index in [2.05, 4.69) is 35.6 Å². The first-order valence-corrected chi connectivity index (χ1v) is 13.5. The molecule has 2 saturated heterocycles. The van der Waals surface area contributed by atoms with Gasteiger partial charge in [0, 0.05) is 11.7 Å². The van der Waals surface area contributed by atoms with Crippen molar-refractivity contribution in [1.29, 1.82) is 0 Å². The molecule has 5 rings (SSSR count). The molecule has 27 heavy (non-hydrogen) atoms. The van der Waals surface area contributed by atoms with Crippen LogP contribution in [0.3, 0.4) is 0 Å². The van der Waals surface area contributed by atoms with Gasteiger partial charge in [0.05, 0.1) is 0 Å². The molecule has 4 aliphatic rings. The quantitative estimate of drug-likeness (QED) is 0.561. The predicted molar refractivity (Wildman–Crippen MR) is 118 cm³/mol. The molecule has 0 aromatic heterocycles. The summed E-state index contributed by atoms with van der Waals surface area (Å²) in [6.07, 6.45) is 17.9. The van der Waals surface area contributed by atoms with Crippen LogP contribution in [0.2, 0.25) is 0 Å². The molecule has 0 bridgehead atoms. The van der Waals surface area contributed by atoms with Crippen LogP contribution in [0.25, 0.3) is 0 Å². The number of fused-ring (bicyclic) bond motifs is 1. The number of benzene rings is 1. The SMILES string of the molecule is c1ccc(C2C3CCCCC3C(C3CCCCN3)P2C2CCCCC2)cc1. The summed E-state index contributed by atoms with van der Waals surface area (Å²) in [5, 5.41) is 4.05. The van der Waals surface area contributed by atoms with Crippen LogP contribution in [0.1, 0.15) is 88.3 Å². The third-order valence-corrected chi connectivity index (χ3v) is 12.4. The standard InChI is InChI=1S/C25H38NP/c1-3-11-19(12-4-1)24-21-15-7-8-16-22(21)25(23-17-9-10-18-26-23)27(24)20-13-5-2-6-14-20/h1,3-4,11-12,20-26H,2,5-10,13-18H2. The van der Waals surface area contributed by atoms with Crippen molar-refractivity contribution in [3.8, 4) is 0 Å². The van der Waals surface area contributed by atoms with E-state index in [0.29, 0.717) is 0 Å². The van der Waals surface area contributed by atoms with Crippen molar-refractivity contribution >= 4 is 7.92 Å². The summed E-state index contributed by atoms with van der Waals surface area (Å²) in [5.74, 6) is 2.01. The molecular formula is C25H38NP. The van der Waals surface area contributed by atoms with Crippen LogP contribution >= 0.6 is 7.92 Å². The molecule has 1 aromatic carbocycles. The Morgan fingerprint density at radius 2 is 1.41 bits per heavy atom. The fourth-order valence-corrected chi connectivity index (χ4v) is 12.3. The van der Waals surface area contributed by atoms with Crippen molar-refractivity contribution in [3.05, 3.63) is 35.9 Å². The van der Waals surface area contributed by atoms with E-state index in [9.17, 15) is 0 Å². The van der Waals surface area contributed by atoms with Crippen LogP contribution < -0.4 is 5.32 Å². The second-order valence-electron chi connectivity index (χ2n) is 9.75. The van der Waals surface area contributed by atoms with Gasteiger partial charge in [-0.15, -0.1) is 0 Å². The molecule has 2 aliphatic carbocycles. The molecule has 0 radical (unpaired) electrons. The van der Waals surface area contributed by atoms with E-state index in [1.54, 1.807) is 5.56 Å². The summed E-state index contributed by atoms with van der Waals surface area (Å²) in [7, 11) is 0.0979. The van der Waals surface area contributed by atoms with E-state index in [1.807, 2.05) is 0 Å². The van der Waals surface area contributed by atoms with Gasteiger partial charge in [0.1, 0.15) is 0 Å². The van der Waals surface area contributed by atoms with Gasteiger partial charge in [0.15, 0.2) is 0 Å². The van der Waals surface area contributed by atoms with Gasteiger partial charge in [-0.3, -0.25) is 0 Å². The highest BCUT2D eigenvalue weighted by atomic mass is 31.1. The van der Waals surface area contributed by atoms with Gasteiger partial charge < -0.3 is 5.32 Å². The van der Waals surface area contributed by atoms with Crippen molar-refractivity contribution in [3.63, 3.8) is 0 Å². The molecule has 2 heteroatoms. The zero-order valence-electron chi connectivity index (χ0n) is 17.0. The first kappa shape index (κ1) is 18.6. The topological polar surface area (TPSA) is 12.0 Å². The molecule has 2 aliphatic heterocycles. The van der Waals surface area contributed by atoms with Crippen molar-refractivity contribution in [2.45, 2.75) is 100 Å². The highest BCUT2D eigenvalue weighted by Crippen LogP contribution is 2.75. The van der Waals surface area contributed by atoms with E-state index in [1.165, 1.54) is 83.6 Å². The zero-order chi connectivity index (χ0) is 18.1. The van der Waals surface area contributed by atoms with E-state index in [4.69, 9.17) is 0 Å². The Balaban J connectivity index is 1.54. The summed E-state index contributed by atoms with van der Waals surface area (Å²) < 4.78 is 0. The summed E-state index contributed by atoms with van der Waals surface area (Å²) in [4.78, 5) is 0. The largest absolute Gasteiger partial charge is 0.313 e. The van der Waals surface area contributed by atoms with Crippen molar-refractivity contribution in [1.82, 2.24) is 5.32 Å². The van der Waals surface area contributed by atoms with Gasteiger partial charge >= 0.3 is 0 Å². The van der Waals surface area contributed by atoms with E-state index >= 15 is 0 Å². The maximum absolute atomic E-state index is 4.05. The lowest BCUT2D eigenvalue weighted by molar-refractivity contribution is 0.216. The molecule has 0 spiro atoms. The summed E-state index contributed by atoms with van der Waals surface area (Å²) in [5.41, 5.74) is 4.69. The van der Waals surface area contributed by atoms with Crippen LogP contribution in [0.15, 0.2) is 30.3 Å². The van der Waals surface area contributed by atoms with Crippen LogP contribution in [0, 0.1) is 11.8 Å². The molecule has 4 fully saturated rings. The van der Waals surface area contributed by atoms with Crippen LogP contribution in [0.4, 0.5) is 0 Å². The van der Waals surface area contributed by atoms with Crippen LogP contribution in [-0.4, -0.2) is 23.9 Å². The molecule has 2 saturated carbocycles. The maximum atomic E-state index is 4.05. The van der Waals surface area contributed by atoms with Gasteiger partial charge in [-0.25, -0.2) is 0 Å². The fourth-order valence-electron chi connectivity index (χ4n) is 7.23. The fraction of sp³-hybridized carbons (Fsp3) is 0.760. The molecule has 148 valence electrons. The zero-order valence-corrected chi connectivity index (χ0v) is 17.9. The van der Waals surface area contributed by atoms with Crippen molar-refractivity contribution < 1.29 is 0 Å². The highest BCUT2D eigenvalue weighted by molar-refractivity contribution is 7.60. The van der Waals surface area contributed by atoms with E-state index in [-0.39, 0.29) is 7.92 Å². The smallest absolute Gasteiger partial charge is 0.0138 e. The van der Waals surface area contributed by atoms with Crippen molar-refractivity contribution in [2.24, 2.45) is 11.8 Å².